The SMILES string of the molecule is NNC(c1ccccc1Cl)C1CCCCO1. The van der Waals surface area contributed by atoms with E-state index in [0.717, 1.165) is 30.0 Å². The maximum absolute atomic E-state index is 6.17. The van der Waals surface area contributed by atoms with Crippen molar-refractivity contribution in [2.45, 2.75) is 31.4 Å². The summed E-state index contributed by atoms with van der Waals surface area (Å²) in [6.07, 6.45) is 3.47. The Morgan fingerprint density at radius 2 is 2.19 bits per heavy atom. The molecule has 4 heteroatoms. The third kappa shape index (κ3) is 2.55. The van der Waals surface area contributed by atoms with Crippen LogP contribution < -0.4 is 11.3 Å². The number of hydrogen-bond donors (Lipinski definition) is 2. The first-order chi connectivity index (χ1) is 7.83. The maximum atomic E-state index is 6.17. The van der Waals surface area contributed by atoms with E-state index >= 15 is 0 Å². The van der Waals surface area contributed by atoms with Crippen LogP contribution in [0.3, 0.4) is 0 Å². The van der Waals surface area contributed by atoms with E-state index in [0.29, 0.717) is 0 Å². The maximum Gasteiger partial charge on any atom is 0.0783 e. The van der Waals surface area contributed by atoms with E-state index in [2.05, 4.69) is 5.43 Å². The highest BCUT2D eigenvalue weighted by Crippen LogP contribution is 2.30. The number of rotatable bonds is 3. The van der Waals surface area contributed by atoms with Gasteiger partial charge in [0.1, 0.15) is 0 Å². The smallest absolute Gasteiger partial charge is 0.0783 e. The molecule has 2 unspecified atom stereocenters. The number of nitrogens with two attached hydrogens (primary N) is 1. The van der Waals surface area contributed by atoms with Crippen molar-refractivity contribution < 1.29 is 4.74 Å². The van der Waals surface area contributed by atoms with Crippen LogP contribution in [0, 0.1) is 0 Å². The molecule has 0 radical (unpaired) electrons. The molecule has 0 bridgehead atoms. The van der Waals surface area contributed by atoms with Crippen molar-refractivity contribution in [1.82, 2.24) is 5.43 Å². The third-order valence-corrected chi connectivity index (χ3v) is 3.35. The fraction of sp³-hybridized carbons (Fsp3) is 0.500. The first-order valence-corrected chi connectivity index (χ1v) is 6.03. The Balaban J connectivity index is 2.18. The molecule has 0 aliphatic carbocycles. The van der Waals surface area contributed by atoms with Gasteiger partial charge < -0.3 is 4.74 Å². The molecule has 2 rings (SSSR count). The van der Waals surface area contributed by atoms with E-state index in [-0.39, 0.29) is 12.1 Å². The number of hydrogen-bond acceptors (Lipinski definition) is 3. The van der Waals surface area contributed by atoms with Gasteiger partial charge >= 0.3 is 0 Å². The van der Waals surface area contributed by atoms with Gasteiger partial charge in [-0.3, -0.25) is 11.3 Å². The second-order valence-corrected chi connectivity index (χ2v) is 4.48. The summed E-state index contributed by atoms with van der Waals surface area (Å²) >= 11 is 6.17. The third-order valence-electron chi connectivity index (χ3n) is 3.01. The molecule has 0 amide bonds. The van der Waals surface area contributed by atoms with Crippen molar-refractivity contribution in [2.24, 2.45) is 5.84 Å². The Morgan fingerprint density at radius 1 is 1.38 bits per heavy atom. The zero-order valence-electron chi connectivity index (χ0n) is 9.16. The summed E-state index contributed by atoms with van der Waals surface area (Å²) in [6.45, 7) is 0.813. The number of nitrogens with one attached hydrogen (secondary N) is 1. The van der Waals surface area contributed by atoms with Crippen molar-refractivity contribution in [3.8, 4) is 0 Å². The summed E-state index contributed by atoms with van der Waals surface area (Å²) in [7, 11) is 0. The van der Waals surface area contributed by atoms with Crippen LogP contribution in [-0.4, -0.2) is 12.7 Å². The Bertz CT molecular complexity index is 340. The lowest BCUT2D eigenvalue weighted by molar-refractivity contribution is -0.00820. The predicted octanol–water partition coefficient (Wildman–Crippen LogP) is 2.41. The summed E-state index contributed by atoms with van der Waals surface area (Å²) in [5.41, 5.74) is 3.83. The van der Waals surface area contributed by atoms with E-state index < -0.39 is 0 Å². The van der Waals surface area contributed by atoms with Crippen molar-refractivity contribution >= 4 is 11.6 Å². The lowest BCUT2D eigenvalue weighted by Crippen LogP contribution is -2.39. The monoisotopic (exact) mass is 240 g/mol. The summed E-state index contributed by atoms with van der Waals surface area (Å²) in [5.74, 6) is 5.62. The first-order valence-electron chi connectivity index (χ1n) is 5.65. The first kappa shape index (κ1) is 11.9. The minimum Gasteiger partial charge on any atom is -0.376 e. The minimum absolute atomic E-state index is 0.0194. The van der Waals surface area contributed by atoms with Crippen LogP contribution in [0.1, 0.15) is 30.9 Å². The van der Waals surface area contributed by atoms with Crippen LogP contribution in [-0.2, 0) is 4.74 Å². The molecule has 16 heavy (non-hydrogen) atoms. The zero-order valence-corrected chi connectivity index (χ0v) is 9.91. The largest absolute Gasteiger partial charge is 0.376 e. The predicted molar refractivity (Wildman–Crippen MR) is 65.1 cm³/mol. The highest BCUT2D eigenvalue weighted by Gasteiger charge is 2.26. The van der Waals surface area contributed by atoms with Gasteiger partial charge in [0.05, 0.1) is 12.1 Å². The van der Waals surface area contributed by atoms with Crippen LogP contribution in [0.15, 0.2) is 24.3 Å². The molecule has 2 atom stereocenters. The van der Waals surface area contributed by atoms with Gasteiger partial charge in [-0.05, 0) is 30.9 Å². The van der Waals surface area contributed by atoms with Gasteiger partial charge in [0.15, 0.2) is 0 Å². The topological polar surface area (TPSA) is 47.3 Å². The standard InChI is InChI=1S/C12H17ClN2O/c13-10-6-2-1-5-9(10)12(15-14)11-7-3-4-8-16-11/h1-2,5-6,11-12,15H,3-4,7-8,14H2. The van der Waals surface area contributed by atoms with Crippen molar-refractivity contribution in [1.29, 1.82) is 0 Å². The van der Waals surface area contributed by atoms with Gasteiger partial charge in [-0.1, -0.05) is 29.8 Å². The Labute approximate surface area is 101 Å². The molecule has 1 saturated heterocycles. The van der Waals surface area contributed by atoms with E-state index in [4.69, 9.17) is 22.2 Å². The second kappa shape index (κ2) is 5.64. The quantitative estimate of drug-likeness (QED) is 0.630. The van der Waals surface area contributed by atoms with E-state index in [1.54, 1.807) is 0 Å². The lowest BCUT2D eigenvalue weighted by atomic mass is 9.96. The van der Waals surface area contributed by atoms with Gasteiger partial charge in [0.2, 0.25) is 0 Å². The number of benzene rings is 1. The van der Waals surface area contributed by atoms with Crippen LogP contribution in [0.4, 0.5) is 0 Å². The van der Waals surface area contributed by atoms with Gasteiger partial charge in [0.25, 0.3) is 0 Å². The number of halogens is 1. The molecule has 3 N–H and O–H groups in total. The minimum atomic E-state index is -0.0194. The Kier molecular flexibility index (Phi) is 4.18. The number of ether oxygens (including phenoxy) is 1. The highest BCUT2D eigenvalue weighted by molar-refractivity contribution is 6.31. The molecule has 3 nitrogen and oxygen atoms in total. The average molecular weight is 241 g/mol. The van der Waals surface area contributed by atoms with E-state index in [1.807, 2.05) is 24.3 Å². The molecular weight excluding hydrogens is 224 g/mol. The Hall–Kier alpha value is -0.610. The molecule has 1 aromatic rings. The number of hydrazine groups is 1. The van der Waals surface area contributed by atoms with Gasteiger partial charge in [-0.25, -0.2) is 0 Å². The molecular formula is C12H17ClN2O. The Morgan fingerprint density at radius 3 is 2.81 bits per heavy atom. The van der Waals surface area contributed by atoms with E-state index in [9.17, 15) is 0 Å². The molecule has 0 aromatic heterocycles. The average Bonchev–Trinajstić information content (AvgIpc) is 2.34. The van der Waals surface area contributed by atoms with E-state index in [1.165, 1.54) is 6.42 Å². The molecule has 0 spiro atoms. The van der Waals surface area contributed by atoms with Crippen molar-refractivity contribution in [3.63, 3.8) is 0 Å². The zero-order chi connectivity index (χ0) is 11.4. The molecule has 1 aliphatic heterocycles. The van der Waals surface area contributed by atoms with Gasteiger partial charge in [0, 0.05) is 11.6 Å². The van der Waals surface area contributed by atoms with Crippen LogP contribution >= 0.6 is 11.6 Å². The summed E-state index contributed by atoms with van der Waals surface area (Å²) in [5, 5.41) is 0.736. The summed E-state index contributed by atoms with van der Waals surface area (Å²) < 4.78 is 5.74. The second-order valence-electron chi connectivity index (χ2n) is 4.07. The van der Waals surface area contributed by atoms with Crippen molar-refractivity contribution in [2.75, 3.05) is 6.61 Å². The molecule has 1 aromatic carbocycles. The molecule has 0 saturated carbocycles. The molecule has 1 fully saturated rings. The van der Waals surface area contributed by atoms with Crippen LogP contribution in [0.5, 0.6) is 0 Å². The summed E-state index contributed by atoms with van der Waals surface area (Å²) in [6, 6.07) is 7.73. The van der Waals surface area contributed by atoms with Crippen molar-refractivity contribution in [3.05, 3.63) is 34.9 Å². The molecule has 1 aliphatic rings. The highest BCUT2D eigenvalue weighted by atomic mass is 35.5. The normalized spacial score (nSPS) is 23.0. The molecule has 88 valence electrons. The van der Waals surface area contributed by atoms with Gasteiger partial charge in [-0.15, -0.1) is 0 Å². The fourth-order valence-corrected chi connectivity index (χ4v) is 2.41. The fourth-order valence-electron chi connectivity index (χ4n) is 2.15. The van der Waals surface area contributed by atoms with Crippen LogP contribution in [0.25, 0.3) is 0 Å². The molecule has 1 heterocycles. The lowest BCUT2D eigenvalue weighted by Gasteiger charge is -2.30. The summed E-state index contributed by atoms with van der Waals surface area (Å²) in [4.78, 5) is 0. The van der Waals surface area contributed by atoms with Gasteiger partial charge in [-0.2, -0.15) is 0 Å². The van der Waals surface area contributed by atoms with Crippen LogP contribution in [0.2, 0.25) is 5.02 Å².